The Balaban J connectivity index is 0. The summed E-state index contributed by atoms with van der Waals surface area (Å²) < 4.78 is 0. The molecule has 0 bridgehead atoms. The van der Waals surface area contributed by atoms with Gasteiger partial charge in [-0.2, -0.15) is 0 Å². The zero-order valence-corrected chi connectivity index (χ0v) is 4.52. The van der Waals surface area contributed by atoms with Crippen molar-refractivity contribution >= 4 is 32.1 Å². The van der Waals surface area contributed by atoms with E-state index in [1.54, 1.807) is 0 Å². The molecule has 0 rings (SSSR count). The van der Waals surface area contributed by atoms with Gasteiger partial charge in [-0.05, 0) is 0 Å². The Labute approximate surface area is 42.3 Å². The van der Waals surface area contributed by atoms with Crippen LogP contribution in [0.25, 0.3) is 0 Å². The Bertz CT molecular complexity index is 6.00. The molecular weight excluding hydrogens is 87.3 g/mol. The van der Waals surface area contributed by atoms with Crippen LogP contribution in [0, 0.1) is 0 Å². The van der Waals surface area contributed by atoms with Gasteiger partial charge < -0.3 is 9.79 Å². The lowest BCUT2D eigenvalue weighted by Crippen LogP contribution is -1.24. The summed E-state index contributed by atoms with van der Waals surface area (Å²) >= 11 is 0. The van der Waals surface area contributed by atoms with Crippen LogP contribution in [0.1, 0.15) is 0 Å². The van der Waals surface area contributed by atoms with Gasteiger partial charge in [-0.25, -0.2) is 0 Å². The Hall–Kier alpha value is 1.12. The third-order valence-electron chi connectivity index (χ3n) is 0. The van der Waals surface area contributed by atoms with Crippen LogP contribution in [-0.2, 0) is 0 Å². The Kier molecular flexibility index (Phi) is 19.9. The molecule has 0 atom stereocenters. The lowest BCUT2D eigenvalue weighted by molar-refractivity contribution is 0.513. The van der Waals surface area contributed by atoms with E-state index in [2.05, 4.69) is 0 Å². The Morgan fingerprint density at radius 2 is 1.25 bits per heavy atom. The van der Waals surface area contributed by atoms with E-state index in [0.717, 1.165) is 0 Å². The lowest BCUT2D eigenvalue weighted by Gasteiger charge is -1.54. The van der Waals surface area contributed by atoms with Crippen molar-refractivity contribution < 1.29 is 9.79 Å². The van der Waals surface area contributed by atoms with Gasteiger partial charge in [-0.15, -0.1) is 0 Å². The number of rotatable bonds is 0. The molecule has 0 fully saturated rings. The van der Waals surface area contributed by atoms with Crippen molar-refractivity contribution in [1.29, 1.82) is 0 Å². The van der Waals surface area contributed by atoms with E-state index in [4.69, 9.17) is 9.79 Å². The van der Waals surface area contributed by atoms with Crippen LogP contribution in [-0.4, -0.2) is 32.8 Å². The maximum absolute atomic E-state index is 7.15. The first-order valence-electron chi connectivity index (χ1n) is 0.447. The number of hydrogen-bond acceptors (Lipinski definition) is 2. The van der Waals surface area contributed by atoms with Crippen LogP contribution >= 0.6 is 9.03 Å². The monoisotopic (exact) mass is 90.0 g/mol. The lowest BCUT2D eigenvalue weighted by atomic mass is 15.9. The number of hydrogen-bond donors (Lipinski definition) is 2. The van der Waals surface area contributed by atoms with Gasteiger partial charge >= 0.3 is 0 Å². The third kappa shape index (κ3) is 11.2. The summed E-state index contributed by atoms with van der Waals surface area (Å²) in [6.45, 7) is 0. The molecule has 0 heterocycles. The molecule has 0 aliphatic rings. The molecule has 4 heavy (non-hydrogen) atoms. The van der Waals surface area contributed by atoms with Crippen LogP contribution in [0.2, 0.25) is 0 Å². The summed E-state index contributed by atoms with van der Waals surface area (Å²) in [5, 5.41) is 0. The zero-order chi connectivity index (χ0) is 2.71. The first-order valence-corrected chi connectivity index (χ1v) is 1.34. The fraction of sp³-hybridized carbons (Fsp3) is 0. The summed E-state index contributed by atoms with van der Waals surface area (Å²) in [6, 6.07) is 0. The quantitative estimate of drug-likeness (QED) is 0.299. The first kappa shape index (κ1) is 8.93. The van der Waals surface area contributed by atoms with Crippen LogP contribution in [0.15, 0.2) is 0 Å². The third-order valence-corrected chi connectivity index (χ3v) is 0. The van der Waals surface area contributed by atoms with Crippen LogP contribution in [0.4, 0.5) is 0 Å². The van der Waals surface area contributed by atoms with Crippen LogP contribution in [0.5, 0.6) is 0 Å². The summed E-state index contributed by atoms with van der Waals surface area (Å²) in [5.74, 6) is 0. The van der Waals surface area contributed by atoms with Gasteiger partial charge in [0.2, 0.25) is 0 Å². The van der Waals surface area contributed by atoms with Gasteiger partial charge in [-0.1, -0.05) is 0 Å². The highest BCUT2D eigenvalue weighted by atomic mass is 31.1. The Morgan fingerprint density at radius 3 is 1.25 bits per heavy atom. The molecular formula is H3MgO2P. The summed E-state index contributed by atoms with van der Waals surface area (Å²) in [4.78, 5) is 14.3. The van der Waals surface area contributed by atoms with E-state index < -0.39 is 9.03 Å². The van der Waals surface area contributed by atoms with Gasteiger partial charge in [-0.3, -0.25) is 0 Å². The van der Waals surface area contributed by atoms with Crippen LogP contribution in [0.3, 0.4) is 0 Å². The molecule has 2 N–H and O–H groups in total. The molecule has 2 nitrogen and oxygen atoms in total. The maximum Gasteiger partial charge on any atom is 0.149 e. The Morgan fingerprint density at radius 1 is 1.25 bits per heavy atom. The molecule has 0 saturated carbocycles. The second kappa shape index (κ2) is 8.93. The van der Waals surface area contributed by atoms with Crippen molar-refractivity contribution in [3.8, 4) is 0 Å². The topological polar surface area (TPSA) is 40.5 Å². The molecule has 0 amide bonds. The molecule has 22 valence electrons. The van der Waals surface area contributed by atoms with E-state index in [-0.39, 0.29) is 23.1 Å². The van der Waals surface area contributed by atoms with E-state index in [9.17, 15) is 0 Å². The fourth-order valence-electron chi connectivity index (χ4n) is 0. The molecule has 0 aliphatic heterocycles. The van der Waals surface area contributed by atoms with Gasteiger partial charge in [0.05, 0.1) is 0 Å². The minimum atomic E-state index is -0.917. The predicted molar refractivity (Wildman–Crippen MR) is 18.5 cm³/mol. The zero-order valence-electron chi connectivity index (χ0n) is 2.10. The molecule has 0 unspecified atom stereocenters. The molecule has 2 radical (unpaired) electrons. The highest BCUT2D eigenvalue weighted by Gasteiger charge is 1.34. The van der Waals surface area contributed by atoms with Gasteiger partial charge in [0.1, 0.15) is 9.03 Å². The molecule has 4 heteroatoms. The summed E-state index contributed by atoms with van der Waals surface area (Å²) in [7, 11) is -0.917. The van der Waals surface area contributed by atoms with Crippen molar-refractivity contribution in [2.45, 2.75) is 0 Å². The van der Waals surface area contributed by atoms with Crippen molar-refractivity contribution in [2.24, 2.45) is 0 Å². The maximum atomic E-state index is 7.15. The summed E-state index contributed by atoms with van der Waals surface area (Å²) in [5.41, 5.74) is 0. The molecule has 0 saturated heterocycles. The normalized spacial score (nSPS) is 4.50. The van der Waals surface area contributed by atoms with Gasteiger partial charge in [0, 0.05) is 23.1 Å². The average molecular weight is 90.3 g/mol. The predicted octanol–water partition coefficient (Wildman–Crippen LogP) is -0.901. The largest absolute Gasteiger partial charge is 0.352 e. The van der Waals surface area contributed by atoms with Gasteiger partial charge in [0.25, 0.3) is 0 Å². The fourth-order valence-corrected chi connectivity index (χ4v) is 0. The van der Waals surface area contributed by atoms with Crippen molar-refractivity contribution in [2.75, 3.05) is 0 Å². The van der Waals surface area contributed by atoms with E-state index >= 15 is 0 Å². The minimum Gasteiger partial charge on any atom is -0.352 e. The SMILES string of the molecule is OPO.[Mg]. The summed E-state index contributed by atoms with van der Waals surface area (Å²) in [6.07, 6.45) is 0. The highest BCUT2D eigenvalue weighted by Crippen LogP contribution is 1.81. The molecule has 0 aromatic rings. The first-order chi connectivity index (χ1) is 1.41. The molecule has 0 aliphatic carbocycles. The van der Waals surface area contributed by atoms with Crippen molar-refractivity contribution in [1.82, 2.24) is 0 Å². The second-order valence-electron chi connectivity index (χ2n) is 0.100. The van der Waals surface area contributed by atoms with E-state index in [1.165, 1.54) is 0 Å². The highest BCUT2D eigenvalue weighted by molar-refractivity contribution is 7.23. The van der Waals surface area contributed by atoms with Gasteiger partial charge in [0.15, 0.2) is 0 Å². The van der Waals surface area contributed by atoms with Crippen LogP contribution < -0.4 is 0 Å². The minimum absolute atomic E-state index is 0. The van der Waals surface area contributed by atoms with E-state index in [0.29, 0.717) is 0 Å². The second-order valence-corrected chi connectivity index (χ2v) is 0.300. The standard InChI is InChI=1S/Mg.H3O2P/c;1-3-2/h;1-3H. The van der Waals surface area contributed by atoms with Crippen molar-refractivity contribution in [3.05, 3.63) is 0 Å². The van der Waals surface area contributed by atoms with E-state index in [1.807, 2.05) is 0 Å². The average Bonchev–Trinajstić information content (AvgIpc) is 0.918. The molecule has 0 aromatic carbocycles. The smallest absolute Gasteiger partial charge is 0.149 e. The molecule has 0 spiro atoms. The van der Waals surface area contributed by atoms with Crippen molar-refractivity contribution in [3.63, 3.8) is 0 Å². The molecule has 0 aromatic heterocycles.